The highest BCUT2D eigenvalue weighted by molar-refractivity contribution is 5.97. The van der Waals surface area contributed by atoms with E-state index >= 15 is 0 Å². The van der Waals surface area contributed by atoms with E-state index in [1.54, 1.807) is 36.4 Å². The molecule has 0 spiro atoms. The second-order valence-electron chi connectivity index (χ2n) is 11.1. The fourth-order valence-corrected chi connectivity index (χ4v) is 5.50. The molecule has 1 fully saturated rings. The third-order valence-electron chi connectivity index (χ3n) is 8.03. The molecule has 8 heteroatoms. The number of carboxylic acids is 1. The molecule has 236 valence electrons. The van der Waals surface area contributed by atoms with Gasteiger partial charge < -0.3 is 24.1 Å². The van der Waals surface area contributed by atoms with E-state index in [0.29, 0.717) is 23.1 Å². The van der Waals surface area contributed by atoms with Gasteiger partial charge in [0.1, 0.15) is 18.8 Å². The molecule has 0 amide bonds. The van der Waals surface area contributed by atoms with Crippen LogP contribution < -0.4 is 0 Å². The minimum absolute atomic E-state index is 0.0544. The first-order chi connectivity index (χ1) is 22.9. The molecule has 1 saturated heterocycles. The Bertz CT molecular complexity index is 2070. The molecule has 0 bridgehead atoms. The molecule has 1 aliphatic heterocycles. The van der Waals surface area contributed by atoms with Crippen LogP contribution in [-0.4, -0.2) is 55.2 Å². The number of carboxylic acid groups (broad SMARTS) is 1. The topological polar surface area (TPSA) is 108 Å². The van der Waals surface area contributed by atoms with Crippen molar-refractivity contribution in [1.29, 1.82) is 0 Å². The zero-order valence-electron chi connectivity index (χ0n) is 25.6. The van der Waals surface area contributed by atoms with Crippen LogP contribution >= 0.6 is 0 Å². The van der Waals surface area contributed by atoms with Gasteiger partial charge in [-0.3, -0.25) is 0 Å². The zero-order chi connectivity index (χ0) is 32.8. The van der Waals surface area contributed by atoms with Crippen LogP contribution in [0.5, 0.6) is 0 Å². The van der Waals surface area contributed by atoms with E-state index in [-0.39, 0.29) is 6.61 Å². The summed E-state index contributed by atoms with van der Waals surface area (Å²) < 4.78 is 22.4. The number of hydrogen-bond acceptors (Lipinski definition) is 7. The van der Waals surface area contributed by atoms with Crippen molar-refractivity contribution in [2.75, 3.05) is 13.7 Å². The lowest BCUT2D eigenvalue weighted by molar-refractivity contribution is -0.128. The first kappa shape index (κ1) is 31.4. The number of aromatic carboxylic acids is 1. The number of fused-ring (bicyclic) bond motifs is 3. The maximum Gasteiger partial charge on any atom is 0.338 e. The zero-order valence-corrected chi connectivity index (χ0v) is 25.6. The molecule has 1 aliphatic rings. The first-order valence-corrected chi connectivity index (χ1v) is 15.1. The van der Waals surface area contributed by atoms with Crippen LogP contribution in [0.2, 0.25) is 0 Å². The van der Waals surface area contributed by atoms with Crippen molar-refractivity contribution >= 4 is 50.2 Å². The number of ether oxygens (including phenoxy) is 4. The van der Waals surface area contributed by atoms with Gasteiger partial charge in [0.15, 0.2) is 6.29 Å². The molecule has 47 heavy (non-hydrogen) atoms. The van der Waals surface area contributed by atoms with E-state index < -0.39 is 36.4 Å². The number of hydrogen-bond donors (Lipinski definition) is 1. The quantitative estimate of drug-likeness (QED) is 0.180. The van der Waals surface area contributed by atoms with Gasteiger partial charge in [-0.05, 0) is 68.7 Å². The predicted molar refractivity (Wildman–Crippen MR) is 179 cm³/mol. The summed E-state index contributed by atoms with van der Waals surface area (Å²) in [6, 6.07) is 39.2. The van der Waals surface area contributed by atoms with Gasteiger partial charge in [0, 0.05) is 13.5 Å². The summed E-state index contributed by atoms with van der Waals surface area (Å²) in [7, 11) is 1.52. The largest absolute Gasteiger partial charge is 0.478 e. The number of methoxy groups -OCH3 is 1. The first-order valence-electron chi connectivity index (χ1n) is 15.1. The summed E-state index contributed by atoms with van der Waals surface area (Å²) in [5.41, 5.74) is 1.23. The van der Waals surface area contributed by atoms with Gasteiger partial charge in [-0.25, -0.2) is 14.4 Å². The van der Waals surface area contributed by atoms with Crippen molar-refractivity contribution in [2.24, 2.45) is 0 Å². The van der Waals surface area contributed by atoms with Gasteiger partial charge in [-0.1, -0.05) is 91.0 Å². The van der Waals surface area contributed by atoms with Crippen molar-refractivity contribution in [3.05, 3.63) is 144 Å². The van der Waals surface area contributed by atoms with Crippen molar-refractivity contribution < 1.29 is 38.4 Å². The van der Waals surface area contributed by atoms with Crippen molar-refractivity contribution in [3.8, 4) is 0 Å². The lowest BCUT2D eigenvalue weighted by Gasteiger charge is -2.19. The highest BCUT2D eigenvalue weighted by atomic mass is 16.7. The van der Waals surface area contributed by atoms with Crippen LogP contribution in [0.1, 0.15) is 37.5 Å². The molecule has 0 saturated carbocycles. The van der Waals surface area contributed by atoms with Crippen LogP contribution in [0.4, 0.5) is 0 Å². The molecule has 1 heterocycles. The minimum Gasteiger partial charge on any atom is -0.478 e. The van der Waals surface area contributed by atoms with E-state index in [9.17, 15) is 14.4 Å². The third kappa shape index (κ3) is 7.47. The molecule has 6 aromatic rings. The average molecular weight is 629 g/mol. The van der Waals surface area contributed by atoms with E-state index in [2.05, 4.69) is 0 Å². The second-order valence-corrected chi connectivity index (χ2v) is 11.1. The standard InChI is InChI=1S/C28H24O6.C11H8O2/c1-31-26-16-24(34-28(30)23-13-11-19-7-3-5-9-21(19)15-23)25(33-26)17-32-27(29)22-12-10-18-6-2-4-8-20(18)14-22;12-11(13)10-6-5-8-3-1-2-4-9(8)7-10/h2-15,24-26H,16-17H2,1H3;1-7H,(H,12,13)/t24-,25+,26?;/m1./s1. The summed E-state index contributed by atoms with van der Waals surface area (Å²) in [4.78, 5) is 36.1. The van der Waals surface area contributed by atoms with Gasteiger partial charge in [-0.2, -0.15) is 0 Å². The van der Waals surface area contributed by atoms with Gasteiger partial charge in [0.25, 0.3) is 0 Å². The molecule has 3 atom stereocenters. The van der Waals surface area contributed by atoms with Crippen LogP contribution in [0.25, 0.3) is 32.3 Å². The van der Waals surface area contributed by atoms with E-state index in [1.807, 2.05) is 91.0 Å². The number of rotatable bonds is 7. The average Bonchev–Trinajstić information content (AvgIpc) is 3.51. The Labute approximate surface area is 271 Å². The normalized spacial score (nSPS) is 17.2. The third-order valence-corrected chi connectivity index (χ3v) is 8.03. The highest BCUT2D eigenvalue weighted by Gasteiger charge is 2.39. The van der Waals surface area contributed by atoms with Crippen LogP contribution in [0, 0.1) is 0 Å². The highest BCUT2D eigenvalue weighted by Crippen LogP contribution is 2.26. The van der Waals surface area contributed by atoms with E-state index in [1.165, 1.54) is 7.11 Å². The molecule has 6 aromatic carbocycles. The Morgan fingerprint density at radius 3 is 1.57 bits per heavy atom. The Morgan fingerprint density at radius 2 is 1.09 bits per heavy atom. The molecular weight excluding hydrogens is 596 g/mol. The SMILES string of the molecule is COC1C[C@@H](OC(=O)c2ccc3ccccc3c2)[C@H](COC(=O)c2ccc3ccccc3c2)O1.O=C(O)c1ccc2ccccc2c1. The van der Waals surface area contributed by atoms with Gasteiger partial charge in [0.05, 0.1) is 16.7 Å². The molecule has 1 N–H and O–H groups in total. The summed E-state index contributed by atoms with van der Waals surface area (Å²) in [5.74, 6) is -1.80. The maximum absolute atomic E-state index is 12.8. The Morgan fingerprint density at radius 1 is 0.638 bits per heavy atom. The van der Waals surface area contributed by atoms with Crippen LogP contribution in [-0.2, 0) is 18.9 Å². The summed E-state index contributed by atoms with van der Waals surface area (Å²) in [6.07, 6.45) is -1.42. The second kappa shape index (κ2) is 14.2. The van der Waals surface area contributed by atoms with Crippen molar-refractivity contribution in [3.63, 3.8) is 0 Å². The number of carbonyl (C=O) groups is 3. The molecule has 7 rings (SSSR count). The number of esters is 2. The Hall–Kier alpha value is -5.57. The molecule has 8 nitrogen and oxygen atoms in total. The number of carbonyl (C=O) groups excluding carboxylic acids is 2. The minimum atomic E-state index is -0.884. The fourth-order valence-electron chi connectivity index (χ4n) is 5.50. The summed E-state index contributed by atoms with van der Waals surface area (Å²) in [5, 5.41) is 14.8. The molecule has 0 aromatic heterocycles. The lowest BCUT2D eigenvalue weighted by atomic mass is 10.1. The summed E-state index contributed by atoms with van der Waals surface area (Å²) >= 11 is 0. The summed E-state index contributed by atoms with van der Waals surface area (Å²) in [6.45, 7) is -0.0544. The monoisotopic (exact) mass is 628 g/mol. The van der Waals surface area contributed by atoms with Crippen molar-refractivity contribution in [2.45, 2.75) is 24.9 Å². The van der Waals surface area contributed by atoms with Gasteiger partial charge >= 0.3 is 17.9 Å². The molecular formula is C39H32O8. The fraction of sp³-hybridized carbons (Fsp3) is 0.154. The number of benzene rings is 6. The smallest absolute Gasteiger partial charge is 0.338 e. The van der Waals surface area contributed by atoms with Gasteiger partial charge in [-0.15, -0.1) is 0 Å². The van der Waals surface area contributed by atoms with E-state index in [4.69, 9.17) is 24.1 Å². The Balaban J connectivity index is 0.000000248. The van der Waals surface area contributed by atoms with Crippen LogP contribution in [0.15, 0.2) is 127 Å². The molecule has 0 radical (unpaired) electrons. The molecule has 1 unspecified atom stereocenters. The predicted octanol–water partition coefficient (Wildman–Crippen LogP) is 7.67. The van der Waals surface area contributed by atoms with Crippen molar-refractivity contribution in [1.82, 2.24) is 0 Å². The molecule has 0 aliphatic carbocycles. The van der Waals surface area contributed by atoms with Crippen LogP contribution in [0.3, 0.4) is 0 Å². The Kier molecular flexibility index (Phi) is 9.52. The van der Waals surface area contributed by atoms with Gasteiger partial charge in [0.2, 0.25) is 0 Å². The van der Waals surface area contributed by atoms with E-state index in [0.717, 1.165) is 32.3 Å². The lowest BCUT2D eigenvalue weighted by Crippen LogP contribution is -2.32. The maximum atomic E-state index is 12.8.